The van der Waals surface area contributed by atoms with Crippen LogP contribution in [-0.2, 0) is 14.3 Å². The van der Waals surface area contributed by atoms with Gasteiger partial charge in [0, 0.05) is 13.0 Å². The molecule has 0 aromatic rings. The Hall–Kier alpha value is -0.950. The van der Waals surface area contributed by atoms with Crippen molar-refractivity contribution in [1.82, 2.24) is 10.6 Å². The minimum Gasteiger partial charge on any atom is -0.469 e. The normalized spacial score (nSPS) is 21.4. The van der Waals surface area contributed by atoms with E-state index in [2.05, 4.69) is 15.4 Å². The van der Waals surface area contributed by atoms with E-state index in [0.717, 1.165) is 0 Å². The van der Waals surface area contributed by atoms with Gasteiger partial charge in [-0.25, -0.2) is 8.78 Å². The number of halogens is 3. The summed E-state index contributed by atoms with van der Waals surface area (Å²) in [6.45, 7) is 2.76. The first-order chi connectivity index (χ1) is 8.18. The molecule has 1 atom stereocenters. The van der Waals surface area contributed by atoms with Gasteiger partial charge in [0.1, 0.15) is 0 Å². The lowest BCUT2D eigenvalue weighted by atomic mass is 9.93. The first kappa shape index (κ1) is 18.0. The van der Waals surface area contributed by atoms with Crippen molar-refractivity contribution in [3.05, 3.63) is 0 Å². The molecule has 1 aliphatic rings. The minimum atomic E-state index is -2.85. The van der Waals surface area contributed by atoms with Gasteiger partial charge in [-0.15, -0.1) is 12.4 Å². The van der Waals surface area contributed by atoms with Gasteiger partial charge in [-0.05, 0) is 13.8 Å². The van der Waals surface area contributed by atoms with Gasteiger partial charge in [0.25, 0.3) is 5.92 Å². The van der Waals surface area contributed by atoms with E-state index in [1.165, 1.54) is 7.11 Å². The molecule has 1 fully saturated rings. The molecule has 1 rings (SSSR count). The predicted octanol–water partition coefficient (Wildman–Crippen LogP) is 0.721. The van der Waals surface area contributed by atoms with Crippen molar-refractivity contribution in [2.75, 3.05) is 20.2 Å². The highest BCUT2D eigenvalue weighted by molar-refractivity contribution is 5.85. The summed E-state index contributed by atoms with van der Waals surface area (Å²) in [5.74, 6) is -3.84. The van der Waals surface area contributed by atoms with Crippen LogP contribution in [0.4, 0.5) is 8.78 Å². The quantitative estimate of drug-likeness (QED) is 0.751. The van der Waals surface area contributed by atoms with Crippen LogP contribution in [-0.4, -0.2) is 44.0 Å². The molecular weight excluding hydrogens is 282 g/mol. The van der Waals surface area contributed by atoms with Gasteiger partial charge >= 0.3 is 5.97 Å². The Morgan fingerprint density at radius 1 is 1.47 bits per heavy atom. The molecule has 0 aromatic carbocycles. The van der Waals surface area contributed by atoms with E-state index in [9.17, 15) is 18.4 Å². The highest BCUT2D eigenvalue weighted by Crippen LogP contribution is 2.25. The Bertz CT molecular complexity index is 351. The van der Waals surface area contributed by atoms with Crippen LogP contribution in [0.15, 0.2) is 0 Å². The highest BCUT2D eigenvalue weighted by Gasteiger charge is 2.42. The second-order valence-electron chi connectivity index (χ2n) is 5.09. The molecule has 0 bridgehead atoms. The molecule has 1 amide bonds. The van der Waals surface area contributed by atoms with Crippen molar-refractivity contribution in [2.24, 2.45) is 5.41 Å². The number of hydrogen-bond acceptors (Lipinski definition) is 4. The van der Waals surface area contributed by atoms with Crippen LogP contribution < -0.4 is 10.6 Å². The number of amides is 1. The average Bonchev–Trinajstić information content (AvgIpc) is 2.65. The number of rotatable bonds is 4. The summed E-state index contributed by atoms with van der Waals surface area (Å²) in [6, 6.07) is -0.909. The maximum absolute atomic E-state index is 12.9. The molecule has 2 N–H and O–H groups in total. The number of carbonyl (C=O) groups excluding carboxylic acids is 2. The Kier molecular flexibility index (Phi) is 6.15. The molecule has 1 unspecified atom stereocenters. The van der Waals surface area contributed by atoms with Crippen LogP contribution >= 0.6 is 12.4 Å². The smallest absolute Gasteiger partial charge is 0.313 e. The second kappa shape index (κ2) is 6.47. The fourth-order valence-corrected chi connectivity index (χ4v) is 1.68. The van der Waals surface area contributed by atoms with E-state index in [0.29, 0.717) is 0 Å². The zero-order chi connectivity index (χ0) is 14.0. The first-order valence-electron chi connectivity index (χ1n) is 5.65. The lowest BCUT2D eigenvalue weighted by Crippen LogP contribution is -2.46. The van der Waals surface area contributed by atoms with Crippen molar-refractivity contribution in [1.29, 1.82) is 0 Å². The van der Waals surface area contributed by atoms with E-state index in [-0.39, 0.29) is 19.0 Å². The van der Waals surface area contributed by atoms with E-state index in [4.69, 9.17) is 0 Å². The summed E-state index contributed by atoms with van der Waals surface area (Å²) in [4.78, 5) is 23.0. The largest absolute Gasteiger partial charge is 0.469 e. The minimum absolute atomic E-state index is 0. The van der Waals surface area contributed by atoms with Crippen LogP contribution in [0.5, 0.6) is 0 Å². The second-order valence-corrected chi connectivity index (χ2v) is 5.09. The monoisotopic (exact) mass is 300 g/mol. The lowest BCUT2D eigenvalue weighted by Gasteiger charge is -2.22. The van der Waals surface area contributed by atoms with Crippen molar-refractivity contribution in [2.45, 2.75) is 32.2 Å². The van der Waals surface area contributed by atoms with Gasteiger partial charge in [-0.2, -0.15) is 0 Å². The highest BCUT2D eigenvalue weighted by atomic mass is 35.5. The molecule has 5 nitrogen and oxygen atoms in total. The number of hydrogen-bond donors (Lipinski definition) is 2. The molecule has 112 valence electrons. The van der Waals surface area contributed by atoms with Crippen LogP contribution in [0.3, 0.4) is 0 Å². The summed E-state index contributed by atoms with van der Waals surface area (Å²) < 4.78 is 30.4. The first-order valence-corrected chi connectivity index (χ1v) is 5.65. The van der Waals surface area contributed by atoms with Gasteiger partial charge in [-0.3, -0.25) is 14.9 Å². The van der Waals surface area contributed by atoms with Gasteiger partial charge in [-0.1, -0.05) is 0 Å². The Labute approximate surface area is 116 Å². The molecule has 0 saturated carbocycles. The Morgan fingerprint density at radius 2 is 2.05 bits per heavy atom. The zero-order valence-electron chi connectivity index (χ0n) is 11.1. The van der Waals surface area contributed by atoms with Crippen LogP contribution in [0, 0.1) is 5.41 Å². The summed E-state index contributed by atoms with van der Waals surface area (Å²) in [7, 11) is 1.25. The number of carbonyl (C=O) groups is 2. The van der Waals surface area contributed by atoms with E-state index in [1.807, 2.05) is 0 Å². The van der Waals surface area contributed by atoms with Crippen LogP contribution in [0.25, 0.3) is 0 Å². The number of alkyl halides is 2. The molecule has 0 spiro atoms. The number of methoxy groups -OCH3 is 1. The van der Waals surface area contributed by atoms with Gasteiger partial charge < -0.3 is 10.1 Å². The maximum Gasteiger partial charge on any atom is 0.313 e. The molecule has 1 aliphatic heterocycles. The molecule has 1 heterocycles. The van der Waals surface area contributed by atoms with E-state index in [1.54, 1.807) is 13.8 Å². The average molecular weight is 301 g/mol. The molecule has 0 aliphatic carbocycles. The molecule has 1 saturated heterocycles. The van der Waals surface area contributed by atoms with Gasteiger partial charge in [0.05, 0.1) is 25.1 Å². The van der Waals surface area contributed by atoms with Gasteiger partial charge in [0.15, 0.2) is 0 Å². The lowest BCUT2D eigenvalue weighted by molar-refractivity contribution is -0.150. The van der Waals surface area contributed by atoms with Crippen molar-refractivity contribution < 1.29 is 23.1 Å². The topological polar surface area (TPSA) is 67.4 Å². The number of ether oxygens (including phenoxy) is 1. The number of esters is 1. The SMILES string of the molecule is COC(=O)C(C)(C)CNC(=O)C1CC(F)(F)CN1.Cl. The molecule has 8 heteroatoms. The molecule has 0 radical (unpaired) electrons. The third-order valence-electron chi connectivity index (χ3n) is 2.87. The summed E-state index contributed by atoms with van der Waals surface area (Å²) in [5, 5.41) is 4.93. The third-order valence-corrected chi connectivity index (χ3v) is 2.87. The molecule has 19 heavy (non-hydrogen) atoms. The van der Waals surface area contributed by atoms with Crippen molar-refractivity contribution in [3.8, 4) is 0 Å². The predicted molar refractivity (Wildman–Crippen MR) is 67.4 cm³/mol. The van der Waals surface area contributed by atoms with Gasteiger partial charge in [0.2, 0.25) is 5.91 Å². The molecular formula is C11H19ClF2N2O3. The summed E-state index contributed by atoms with van der Waals surface area (Å²) in [6.07, 6.45) is -0.516. The zero-order valence-corrected chi connectivity index (χ0v) is 11.9. The maximum atomic E-state index is 12.9. The van der Waals surface area contributed by atoms with Crippen molar-refractivity contribution >= 4 is 24.3 Å². The van der Waals surface area contributed by atoms with Crippen LogP contribution in [0.2, 0.25) is 0 Å². The summed E-state index contributed by atoms with van der Waals surface area (Å²) >= 11 is 0. The fourth-order valence-electron chi connectivity index (χ4n) is 1.68. The van der Waals surface area contributed by atoms with Crippen LogP contribution in [0.1, 0.15) is 20.3 Å². The van der Waals surface area contributed by atoms with E-state index < -0.39 is 42.2 Å². The fraction of sp³-hybridized carbons (Fsp3) is 0.818. The third kappa shape index (κ3) is 4.91. The summed E-state index contributed by atoms with van der Waals surface area (Å²) in [5.41, 5.74) is -0.883. The van der Waals surface area contributed by atoms with Crippen molar-refractivity contribution in [3.63, 3.8) is 0 Å². The number of nitrogens with one attached hydrogen (secondary N) is 2. The molecule has 0 aromatic heterocycles. The van der Waals surface area contributed by atoms with E-state index >= 15 is 0 Å². The standard InChI is InChI=1S/C11H18F2N2O3.ClH/c1-10(2,9(17)18-3)5-15-8(16)7-4-11(12,13)6-14-7;/h7,14H,4-6H2,1-3H3,(H,15,16);1H. The Morgan fingerprint density at radius 3 is 2.47 bits per heavy atom. The Balaban J connectivity index is 0.00000324.